The molecular formula is C14H19BrN2O3S2. The first kappa shape index (κ1) is 16.4. The lowest BCUT2D eigenvalue weighted by Crippen LogP contribution is -2.48. The van der Waals surface area contributed by atoms with E-state index in [1.165, 1.54) is 15.6 Å². The van der Waals surface area contributed by atoms with Crippen LogP contribution < -0.4 is 5.32 Å². The molecule has 2 heterocycles. The number of amides is 1. The molecular weight excluding hydrogens is 388 g/mol. The Kier molecular flexibility index (Phi) is 4.92. The zero-order valence-electron chi connectivity index (χ0n) is 12.1. The quantitative estimate of drug-likeness (QED) is 0.835. The number of carbonyl (C=O) groups is 1. The van der Waals surface area contributed by atoms with Crippen molar-refractivity contribution in [1.82, 2.24) is 9.62 Å². The summed E-state index contributed by atoms with van der Waals surface area (Å²) >= 11 is 4.48. The van der Waals surface area contributed by atoms with Crippen molar-refractivity contribution < 1.29 is 13.2 Å². The van der Waals surface area contributed by atoms with Crippen molar-refractivity contribution in [2.75, 3.05) is 6.54 Å². The van der Waals surface area contributed by atoms with Gasteiger partial charge in [-0.3, -0.25) is 4.79 Å². The van der Waals surface area contributed by atoms with Crippen LogP contribution in [0.25, 0.3) is 0 Å². The molecule has 1 atom stereocenters. The number of halogens is 1. The van der Waals surface area contributed by atoms with Gasteiger partial charge in [0.1, 0.15) is 10.3 Å². The van der Waals surface area contributed by atoms with Gasteiger partial charge in [-0.1, -0.05) is 12.8 Å². The summed E-state index contributed by atoms with van der Waals surface area (Å²) in [7, 11) is -3.58. The molecule has 1 aliphatic heterocycles. The fourth-order valence-electron chi connectivity index (χ4n) is 3.21. The molecule has 5 nitrogen and oxygen atoms in total. The van der Waals surface area contributed by atoms with Crippen molar-refractivity contribution in [3.05, 3.63) is 15.9 Å². The monoisotopic (exact) mass is 406 g/mol. The molecule has 1 N–H and O–H groups in total. The molecule has 3 rings (SSSR count). The lowest BCUT2D eigenvalue weighted by molar-refractivity contribution is -0.124. The normalized spacial score (nSPS) is 24.0. The Bertz CT molecular complexity index is 653. The van der Waals surface area contributed by atoms with Gasteiger partial charge in [0.05, 0.1) is 3.79 Å². The third-order valence-electron chi connectivity index (χ3n) is 4.32. The number of hydrogen-bond donors (Lipinski definition) is 1. The van der Waals surface area contributed by atoms with Crippen LogP contribution in [0.1, 0.15) is 38.5 Å². The van der Waals surface area contributed by atoms with Crippen molar-refractivity contribution in [2.24, 2.45) is 0 Å². The molecule has 8 heteroatoms. The van der Waals surface area contributed by atoms with E-state index >= 15 is 0 Å². The van der Waals surface area contributed by atoms with Crippen molar-refractivity contribution in [3.63, 3.8) is 0 Å². The summed E-state index contributed by atoms with van der Waals surface area (Å²) in [6, 6.07) is 2.97. The minimum atomic E-state index is -3.58. The first-order valence-electron chi connectivity index (χ1n) is 7.56. The number of nitrogens with one attached hydrogen (secondary N) is 1. The zero-order valence-corrected chi connectivity index (χ0v) is 15.3. The summed E-state index contributed by atoms with van der Waals surface area (Å²) < 4.78 is 27.9. The minimum Gasteiger partial charge on any atom is -0.352 e. The van der Waals surface area contributed by atoms with E-state index in [1.54, 1.807) is 12.1 Å². The molecule has 0 aromatic carbocycles. The topological polar surface area (TPSA) is 66.5 Å². The zero-order chi connectivity index (χ0) is 15.7. The average Bonchev–Trinajstić information content (AvgIpc) is 3.18. The van der Waals surface area contributed by atoms with E-state index in [0.717, 1.165) is 35.9 Å². The van der Waals surface area contributed by atoms with Gasteiger partial charge in [-0.05, 0) is 53.7 Å². The molecule has 1 saturated carbocycles. The molecule has 0 unspecified atom stereocenters. The first-order chi connectivity index (χ1) is 10.5. The Labute approximate surface area is 143 Å². The van der Waals surface area contributed by atoms with Gasteiger partial charge in [0, 0.05) is 12.6 Å². The van der Waals surface area contributed by atoms with E-state index in [-0.39, 0.29) is 11.9 Å². The Morgan fingerprint density at radius 1 is 1.23 bits per heavy atom. The molecule has 1 aromatic heterocycles. The Hall–Kier alpha value is -0.440. The smallest absolute Gasteiger partial charge is 0.253 e. The van der Waals surface area contributed by atoms with Gasteiger partial charge in [0.25, 0.3) is 10.0 Å². The fourth-order valence-corrected chi connectivity index (χ4v) is 7.00. The second kappa shape index (κ2) is 6.59. The summed E-state index contributed by atoms with van der Waals surface area (Å²) in [6.07, 6.45) is 5.62. The number of sulfonamides is 1. The van der Waals surface area contributed by atoms with Crippen LogP contribution >= 0.6 is 27.3 Å². The molecule has 122 valence electrons. The van der Waals surface area contributed by atoms with E-state index in [9.17, 15) is 13.2 Å². The van der Waals surface area contributed by atoms with Gasteiger partial charge in [-0.25, -0.2) is 8.42 Å². The van der Waals surface area contributed by atoms with Crippen molar-refractivity contribution in [1.29, 1.82) is 0 Å². The van der Waals surface area contributed by atoms with Crippen LogP contribution in [0.15, 0.2) is 20.1 Å². The Balaban J connectivity index is 1.76. The summed E-state index contributed by atoms with van der Waals surface area (Å²) in [5.41, 5.74) is 0. The summed E-state index contributed by atoms with van der Waals surface area (Å²) in [5.74, 6) is -0.136. The molecule has 2 aliphatic rings. The number of hydrogen-bond acceptors (Lipinski definition) is 4. The highest BCUT2D eigenvalue weighted by molar-refractivity contribution is 9.11. The van der Waals surface area contributed by atoms with Gasteiger partial charge < -0.3 is 5.32 Å². The van der Waals surface area contributed by atoms with Gasteiger partial charge >= 0.3 is 0 Å². The second-order valence-electron chi connectivity index (χ2n) is 5.82. The van der Waals surface area contributed by atoms with Crippen LogP contribution in [0.3, 0.4) is 0 Å². The van der Waals surface area contributed by atoms with E-state index in [0.29, 0.717) is 17.2 Å². The van der Waals surface area contributed by atoms with Crippen LogP contribution in [-0.4, -0.2) is 37.3 Å². The SMILES string of the molecule is O=C(NC1CCCC1)[C@H]1CCCN1S(=O)(=O)c1ccc(Br)s1. The molecule has 1 saturated heterocycles. The largest absolute Gasteiger partial charge is 0.352 e. The van der Waals surface area contributed by atoms with Gasteiger partial charge in [0.15, 0.2) is 0 Å². The van der Waals surface area contributed by atoms with E-state index < -0.39 is 16.1 Å². The number of thiophene rings is 1. The molecule has 1 aliphatic carbocycles. The van der Waals surface area contributed by atoms with E-state index in [4.69, 9.17) is 0 Å². The number of rotatable bonds is 4. The second-order valence-corrected chi connectivity index (χ2v) is 10.4. The van der Waals surface area contributed by atoms with Crippen LogP contribution in [0.5, 0.6) is 0 Å². The lowest BCUT2D eigenvalue weighted by atomic mass is 10.2. The van der Waals surface area contributed by atoms with Crippen LogP contribution in [0.4, 0.5) is 0 Å². The highest BCUT2D eigenvalue weighted by Crippen LogP contribution is 2.32. The number of carbonyl (C=O) groups excluding carboxylic acids is 1. The molecule has 1 amide bonds. The highest BCUT2D eigenvalue weighted by atomic mass is 79.9. The molecule has 0 radical (unpaired) electrons. The maximum atomic E-state index is 12.7. The molecule has 2 fully saturated rings. The van der Waals surface area contributed by atoms with Gasteiger partial charge in [-0.15, -0.1) is 11.3 Å². The van der Waals surface area contributed by atoms with E-state index in [1.807, 2.05) is 0 Å². The lowest BCUT2D eigenvalue weighted by Gasteiger charge is -2.24. The highest BCUT2D eigenvalue weighted by Gasteiger charge is 2.40. The molecule has 0 spiro atoms. The molecule has 22 heavy (non-hydrogen) atoms. The third kappa shape index (κ3) is 3.25. The first-order valence-corrected chi connectivity index (χ1v) is 10.6. The van der Waals surface area contributed by atoms with Crippen LogP contribution in [0, 0.1) is 0 Å². The molecule has 0 bridgehead atoms. The summed E-state index contributed by atoms with van der Waals surface area (Å²) in [6.45, 7) is 0.417. The minimum absolute atomic E-state index is 0.136. The average molecular weight is 407 g/mol. The van der Waals surface area contributed by atoms with Gasteiger partial charge in [-0.2, -0.15) is 4.31 Å². The third-order valence-corrected chi connectivity index (χ3v) is 8.32. The van der Waals surface area contributed by atoms with Crippen molar-refractivity contribution >= 4 is 43.2 Å². The summed E-state index contributed by atoms with van der Waals surface area (Å²) in [4.78, 5) is 12.5. The van der Waals surface area contributed by atoms with Crippen LogP contribution in [-0.2, 0) is 14.8 Å². The van der Waals surface area contributed by atoms with Crippen LogP contribution in [0.2, 0.25) is 0 Å². The molecule has 1 aromatic rings. The fraction of sp³-hybridized carbons (Fsp3) is 0.643. The van der Waals surface area contributed by atoms with Gasteiger partial charge in [0.2, 0.25) is 5.91 Å². The Morgan fingerprint density at radius 2 is 1.95 bits per heavy atom. The predicted molar refractivity (Wildman–Crippen MR) is 89.3 cm³/mol. The standard InChI is InChI=1S/C14H19BrN2O3S2/c15-12-7-8-13(21-12)22(19,20)17-9-3-6-11(17)14(18)16-10-4-1-2-5-10/h7-8,10-11H,1-6,9H2,(H,16,18)/t11-/m1/s1. The Morgan fingerprint density at radius 3 is 2.59 bits per heavy atom. The maximum absolute atomic E-state index is 12.7. The van der Waals surface area contributed by atoms with E-state index in [2.05, 4.69) is 21.2 Å². The predicted octanol–water partition coefficient (Wildman–Crippen LogP) is 2.72. The number of nitrogens with zero attached hydrogens (tertiary/aromatic N) is 1. The summed E-state index contributed by atoms with van der Waals surface area (Å²) in [5, 5.41) is 3.03. The van der Waals surface area contributed by atoms with Crippen molar-refractivity contribution in [3.8, 4) is 0 Å². The van der Waals surface area contributed by atoms with Crippen molar-refractivity contribution in [2.45, 2.75) is 54.8 Å². The maximum Gasteiger partial charge on any atom is 0.253 e.